The van der Waals surface area contributed by atoms with Crippen LogP contribution in [-0.4, -0.2) is 45.9 Å². The van der Waals surface area contributed by atoms with Gasteiger partial charge in [-0.3, -0.25) is 4.90 Å². The summed E-state index contributed by atoms with van der Waals surface area (Å²) in [5.41, 5.74) is -0.153. The molecule has 1 aromatic rings. The lowest BCUT2D eigenvalue weighted by atomic mass is 9.95. The highest BCUT2D eigenvalue weighted by atomic mass is 16.5. The molecule has 0 amide bonds. The predicted octanol–water partition coefficient (Wildman–Crippen LogP) is 2.15. The van der Waals surface area contributed by atoms with Crippen molar-refractivity contribution in [3.8, 4) is 0 Å². The van der Waals surface area contributed by atoms with Crippen LogP contribution in [0.4, 0.5) is 0 Å². The van der Waals surface area contributed by atoms with Crippen LogP contribution in [0.3, 0.4) is 0 Å². The molecular weight excluding hydrogens is 270 g/mol. The molecule has 2 rings (SSSR count). The first-order valence-corrected chi connectivity index (χ1v) is 7.77. The van der Waals surface area contributed by atoms with Crippen molar-refractivity contribution in [1.82, 2.24) is 15.0 Å². The molecule has 1 fully saturated rings. The summed E-state index contributed by atoms with van der Waals surface area (Å²) in [5, 5.41) is 13.8. The molecular formula is C15H27N3O3. The van der Waals surface area contributed by atoms with E-state index in [-0.39, 0.29) is 18.2 Å². The molecule has 0 unspecified atom stereocenters. The molecule has 120 valence electrons. The minimum atomic E-state index is -0.156. The molecule has 0 radical (unpaired) electrons. The molecule has 3 atom stereocenters. The average Bonchev–Trinajstić information content (AvgIpc) is 3.06. The van der Waals surface area contributed by atoms with Crippen molar-refractivity contribution in [3.05, 3.63) is 11.7 Å². The van der Waals surface area contributed by atoms with E-state index < -0.39 is 0 Å². The second-order valence-corrected chi connectivity index (χ2v) is 6.23. The van der Waals surface area contributed by atoms with Gasteiger partial charge in [-0.15, -0.1) is 0 Å². The zero-order chi connectivity index (χ0) is 15.5. The number of aliphatic hydroxyl groups excluding tert-OH is 1. The number of hydrogen-bond donors (Lipinski definition) is 1. The summed E-state index contributed by atoms with van der Waals surface area (Å²) in [7, 11) is 2.02. The minimum absolute atomic E-state index is 0.153. The van der Waals surface area contributed by atoms with Crippen LogP contribution >= 0.6 is 0 Å². The van der Waals surface area contributed by atoms with Gasteiger partial charge < -0.3 is 14.4 Å². The fraction of sp³-hybridized carbons (Fsp3) is 0.867. The van der Waals surface area contributed by atoms with Gasteiger partial charge in [0.25, 0.3) is 0 Å². The van der Waals surface area contributed by atoms with Crippen LogP contribution in [-0.2, 0) is 11.3 Å². The zero-order valence-electron chi connectivity index (χ0n) is 13.5. The third-order valence-electron chi connectivity index (χ3n) is 4.57. The molecule has 6 nitrogen and oxygen atoms in total. The van der Waals surface area contributed by atoms with E-state index in [1.54, 1.807) is 0 Å². The van der Waals surface area contributed by atoms with Gasteiger partial charge in [0.1, 0.15) is 6.10 Å². The van der Waals surface area contributed by atoms with Crippen LogP contribution in [0.2, 0.25) is 0 Å². The number of hydrogen-bond acceptors (Lipinski definition) is 6. The maximum Gasteiger partial charge on any atom is 0.240 e. The Morgan fingerprint density at radius 2 is 2.33 bits per heavy atom. The molecule has 0 spiro atoms. The summed E-state index contributed by atoms with van der Waals surface area (Å²) >= 11 is 0. The average molecular weight is 297 g/mol. The van der Waals surface area contributed by atoms with Crippen LogP contribution in [0.15, 0.2) is 4.52 Å². The van der Waals surface area contributed by atoms with E-state index in [9.17, 15) is 5.11 Å². The maximum absolute atomic E-state index is 9.82. The Bertz CT molecular complexity index is 451. The summed E-state index contributed by atoms with van der Waals surface area (Å²) in [6, 6.07) is 0. The molecule has 1 aliphatic rings. The predicted molar refractivity (Wildman–Crippen MR) is 78.6 cm³/mol. The van der Waals surface area contributed by atoms with Crippen LogP contribution < -0.4 is 0 Å². The Labute approximate surface area is 126 Å². The lowest BCUT2D eigenvalue weighted by molar-refractivity contribution is 0.0387. The van der Waals surface area contributed by atoms with Gasteiger partial charge in [0.15, 0.2) is 5.82 Å². The number of ether oxygens (including phenoxy) is 1. The van der Waals surface area contributed by atoms with E-state index in [0.29, 0.717) is 30.8 Å². The van der Waals surface area contributed by atoms with Crippen LogP contribution in [0.25, 0.3) is 0 Å². The topological polar surface area (TPSA) is 71.6 Å². The molecule has 1 saturated carbocycles. The van der Waals surface area contributed by atoms with Crippen molar-refractivity contribution >= 4 is 0 Å². The van der Waals surface area contributed by atoms with Crippen molar-refractivity contribution < 1.29 is 14.4 Å². The smallest absolute Gasteiger partial charge is 0.240 e. The van der Waals surface area contributed by atoms with Crippen molar-refractivity contribution in [2.75, 3.05) is 20.3 Å². The highest BCUT2D eigenvalue weighted by Crippen LogP contribution is 2.38. The summed E-state index contributed by atoms with van der Waals surface area (Å²) in [6.45, 7) is 7.44. The number of aliphatic hydroxyl groups is 1. The molecule has 0 aliphatic heterocycles. The van der Waals surface area contributed by atoms with Crippen molar-refractivity contribution in [1.29, 1.82) is 0 Å². The fourth-order valence-electron chi connectivity index (χ4n) is 3.17. The SMILES string of the molecule is CCO[C@H](C)c1noc(CN(C)[C@]2(CO)CC[C@@H](C)C2)n1. The van der Waals surface area contributed by atoms with Crippen molar-refractivity contribution in [2.45, 2.75) is 58.2 Å². The summed E-state index contributed by atoms with van der Waals surface area (Å²) < 4.78 is 10.8. The van der Waals surface area contributed by atoms with Crippen molar-refractivity contribution in [2.24, 2.45) is 5.92 Å². The van der Waals surface area contributed by atoms with Gasteiger partial charge in [-0.2, -0.15) is 4.98 Å². The summed E-state index contributed by atoms with van der Waals surface area (Å²) in [4.78, 5) is 6.55. The molecule has 0 aromatic carbocycles. The molecule has 1 N–H and O–H groups in total. The Morgan fingerprint density at radius 3 is 2.90 bits per heavy atom. The molecule has 1 aliphatic carbocycles. The minimum Gasteiger partial charge on any atom is -0.394 e. The standard InChI is InChI=1S/C15H27N3O3/c1-5-20-12(3)14-16-13(21-17-14)9-18(4)15(10-19)7-6-11(2)8-15/h11-12,19H,5-10H2,1-4H3/t11-,12-,15-/m1/s1. The quantitative estimate of drug-likeness (QED) is 0.831. The largest absolute Gasteiger partial charge is 0.394 e. The van der Waals surface area contributed by atoms with E-state index in [1.165, 1.54) is 0 Å². The van der Waals surface area contributed by atoms with E-state index in [0.717, 1.165) is 19.3 Å². The lowest BCUT2D eigenvalue weighted by Crippen LogP contribution is -2.47. The molecule has 0 bridgehead atoms. The Hall–Kier alpha value is -0.980. The molecule has 1 heterocycles. The van der Waals surface area contributed by atoms with Gasteiger partial charge >= 0.3 is 0 Å². The number of rotatable bonds is 7. The summed E-state index contributed by atoms with van der Waals surface area (Å²) in [6.07, 6.45) is 3.02. The maximum atomic E-state index is 9.82. The van der Waals surface area contributed by atoms with Gasteiger partial charge in [-0.1, -0.05) is 12.1 Å². The number of likely N-dealkylation sites (N-methyl/N-ethyl adjacent to an activating group) is 1. The van der Waals surface area contributed by atoms with Crippen molar-refractivity contribution in [3.63, 3.8) is 0 Å². The van der Waals surface area contributed by atoms with Gasteiger partial charge in [-0.25, -0.2) is 0 Å². The number of aromatic nitrogens is 2. The molecule has 21 heavy (non-hydrogen) atoms. The van der Waals surface area contributed by atoms with E-state index >= 15 is 0 Å². The van der Waals surface area contributed by atoms with Gasteiger partial charge in [0.2, 0.25) is 5.89 Å². The van der Waals surface area contributed by atoms with Gasteiger partial charge in [0.05, 0.1) is 13.2 Å². The van der Waals surface area contributed by atoms with E-state index in [1.807, 2.05) is 20.9 Å². The first-order chi connectivity index (χ1) is 10.0. The first kappa shape index (κ1) is 16.4. The van der Waals surface area contributed by atoms with Gasteiger partial charge in [-0.05, 0) is 46.1 Å². The third kappa shape index (κ3) is 3.62. The first-order valence-electron chi connectivity index (χ1n) is 7.77. The Balaban J connectivity index is 2.01. The Morgan fingerprint density at radius 1 is 1.57 bits per heavy atom. The fourth-order valence-corrected chi connectivity index (χ4v) is 3.17. The van der Waals surface area contributed by atoms with Crippen LogP contribution in [0, 0.1) is 5.92 Å². The zero-order valence-corrected chi connectivity index (χ0v) is 13.5. The highest BCUT2D eigenvalue weighted by molar-refractivity contribution is 4.98. The number of nitrogens with zero attached hydrogens (tertiary/aromatic N) is 3. The van der Waals surface area contributed by atoms with Crippen LogP contribution in [0.5, 0.6) is 0 Å². The molecule has 6 heteroatoms. The van der Waals surface area contributed by atoms with E-state index in [2.05, 4.69) is 22.0 Å². The highest BCUT2D eigenvalue weighted by Gasteiger charge is 2.40. The van der Waals surface area contributed by atoms with Crippen LogP contribution in [0.1, 0.15) is 57.9 Å². The Kier molecular flexibility index (Phi) is 5.35. The monoisotopic (exact) mass is 297 g/mol. The molecule has 0 saturated heterocycles. The summed E-state index contributed by atoms with van der Waals surface area (Å²) in [5.74, 6) is 1.81. The lowest BCUT2D eigenvalue weighted by Gasteiger charge is -2.36. The van der Waals surface area contributed by atoms with E-state index in [4.69, 9.17) is 9.26 Å². The van der Waals surface area contributed by atoms with Gasteiger partial charge in [0, 0.05) is 12.1 Å². The normalized spacial score (nSPS) is 27.4. The molecule has 1 aromatic heterocycles. The second kappa shape index (κ2) is 6.85. The second-order valence-electron chi connectivity index (χ2n) is 6.23. The third-order valence-corrected chi connectivity index (χ3v) is 4.57.